The summed E-state index contributed by atoms with van der Waals surface area (Å²) in [4.78, 5) is 16.7. The van der Waals surface area contributed by atoms with E-state index < -0.39 is 0 Å². The van der Waals surface area contributed by atoms with Crippen LogP contribution in [0.5, 0.6) is 0 Å². The van der Waals surface area contributed by atoms with Crippen molar-refractivity contribution in [1.82, 2.24) is 9.80 Å². The minimum Gasteiger partial charge on any atom is -0.340 e. The first kappa shape index (κ1) is 11.9. The zero-order valence-corrected chi connectivity index (χ0v) is 10.6. The molecule has 92 valence electrons. The van der Waals surface area contributed by atoms with Crippen molar-refractivity contribution in [2.24, 2.45) is 5.92 Å². The maximum Gasteiger partial charge on any atom is 0.225 e. The molecule has 16 heavy (non-hydrogen) atoms. The third-order valence-corrected chi connectivity index (χ3v) is 4.06. The van der Waals surface area contributed by atoms with Crippen LogP contribution in [0.4, 0.5) is 0 Å². The van der Waals surface area contributed by atoms with Gasteiger partial charge in [0.2, 0.25) is 5.91 Å². The van der Waals surface area contributed by atoms with Crippen molar-refractivity contribution in [3.8, 4) is 0 Å². The fraction of sp³-hybridized carbons (Fsp3) is 0.923. The molecule has 2 rings (SSSR count). The number of nitrogens with zero attached hydrogens (tertiary/aromatic N) is 2. The van der Waals surface area contributed by atoms with Gasteiger partial charge in [0.05, 0.1) is 0 Å². The van der Waals surface area contributed by atoms with Gasteiger partial charge in [-0.3, -0.25) is 9.69 Å². The van der Waals surface area contributed by atoms with E-state index in [9.17, 15) is 4.79 Å². The smallest absolute Gasteiger partial charge is 0.225 e. The maximum absolute atomic E-state index is 12.2. The molecule has 1 aliphatic heterocycles. The Morgan fingerprint density at radius 3 is 2.12 bits per heavy atom. The first-order valence-corrected chi connectivity index (χ1v) is 6.71. The van der Waals surface area contributed by atoms with Gasteiger partial charge < -0.3 is 4.90 Å². The van der Waals surface area contributed by atoms with Gasteiger partial charge in [-0.2, -0.15) is 0 Å². The SMILES string of the molecule is CC(C)N1CCN(C(=O)C2CCCC2)CC1. The number of hydrogen-bond acceptors (Lipinski definition) is 2. The highest BCUT2D eigenvalue weighted by molar-refractivity contribution is 5.79. The molecular weight excluding hydrogens is 200 g/mol. The van der Waals surface area contributed by atoms with Gasteiger partial charge in [-0.1, -0.05) is 12.8 Å². The highest BCUT2D eigenvalue weighted by Gasteiger charge is 2.29. The van der Waals surface area contributed by atoms with E-state index in [0.717, 1.165) is 39.0 Å². The first-order valence-electron chi connectivity index (χ1n) is 6.71. The van der Waals surface area contributed by atoms with Crippen LogP contribution < -0.4 is 0 Å². The van der Waals surface area contributed by atoms with Gasteiger partial charge in [-0.05, 0) is 26.7 Å². The molecule has 0 aromatic carbocycles. The number of hydrogen-bond donors (Lipinski definition) is 0. The van der Waals surface area contributed by atoms with Gasteiger partial charge >= 0.3 is 0 Å². The second-order valence-corrected chi connectivity index (χ2v) is 5.44. The minimum absolute atomic E-state index is 0.352. The van der Waals surface area contributed by atoms with Crippen LogP contribution in [0.25, 0.3) is 0 Å². The first-order chi connectivity index (χ1) is 7.68. The Hall–Kier alpha value is -0.570. The molecule has 3 nitrogen and oxygen atoms in total. The molecule has 0 radical (unpaired) electrons. The number of amides is 1. The van der Waals surface area contributed by atoms with Crippen molar-refractivity contribution in [3.05, 3.63) is 0 Å². The van der Waals surface area contributed by atoms with Gasteiger partial charge in [-0.15, -0.1) is 0 Å². The Labute approximate surface area is 98.8 Å². The largest absolute Gasteiger partial charge is 0.340 e. The van der Waals surface area contributed by atoms with E-state index in [1.807, 2.05) is 0 Å². The standard InChI is InChI=1S/C13H24N2O/c1-11(2)14-7-9-15(10-8-14)13(16)12-5-3-4-6-12/h11-12H,3-10H2,1-2H3. The summed E-state index contributed by atoms with van der Waals surface area (Å²) >= 11 is 0. The quantitative estimate of drug-likeness (QED) is 0.713. The molecule has 0 N–H and O–H groups in total. The molecule has 0 atom stereocenters. The Kier molecular flexibility index (Phi) is 3.85. The van der Waals surface area contributed by atoms with Crippen LogP contribution in [-0.2, 0) is 4.79 Å². The average molecular weight is 224 g/mol. The number of carbonyl (C=O) groups is 1. The number of piperazine rings is 1. The summed E-state index contributed by atoms with van der Waals surface area (Å²) in [6, 6.07) is 0.615. The van der Waals surface area contributed by atoms with Crippen LogP contribution in [0, 0.1) is 5.92 Å². The van der Waals surface area contributed by atoms with Crippen LogP contribution in [0.1, 0.15) is 39.5 Å². The lowest BCUT2D eigenvalue weighted by Gasteiger charge is -2.37. The Bertz CT molecular complexity index is 238. The number of rotatable bonds is 2. The Morgan fingerprint density at radius 2 is 1.62 bits per heavy atom. The number of carbonyl (C=O) groups excluding carboxylic acids is 1. The van der Waals surface area contributed by atoms with E-state index >= 15 is 0 Å². The Balaban J connectivity index is 1.81. The second kappa shape index (κ2) is 5.17. The molecule has 0 unspecified atom stereocenters. The molecule has 1 heterocycles. The zero-order chi connectivity index (χ0) is 11.5. The van der Waals surface area contributed by atoms with Gasteiger partial charge in [0.15, 0.2) is 0 Å². The average Bonchev–Trinajstić information content (AvgIpc) is 2.81. The summed E-state index contributed by atoms with van der Waals surface area (Å²) in [5.74, 6) is 0.784. The van der Waals surface area contributed by atoms with Crippen LogP contribution in [0.2, 0.25) is 0 Å². The van der Waals surface area contributed by atoms with E-state index in [4.69, 9.17) is 0 Å². The van der Waals surface area contributed by atoms with E-state index in [0.29, 0.717) is 17.9 Å². The van der Waals surface area contributed by atoms with Crippen molar-refractivity contribution in [2.75, 3.05) is 26.2 Å². The molecule has 2 fully saturated rings. The molecule has 2 aliphatic rings. The van der Waals surface area contributed by atoms with Crippen LogP contribution in [-0.4, -0.2) is 47.9 Å². The molecule has 1 saturated heterocycles. The van der Waals surface area contributed by atoms with E-state index in [-0.39, 0.29) is 0 Å². The molecule has 3 heteroatoms. The molecule has 0 aromatic rings. The summed E-state index contributed by atoms with van der Waals surface area (Å²) in [5, 5.41) is 0. The lowest BCUT2D eigenvalue weighted by atomic mass is 10.1. The molecule has 1 saturated carbocycles. The third-order valence-electron chi connectivity index (χ3n) is 4.06. The predicted octanol–water partition coefficient (Wildman–Crippen LogP) is 1.73. The minimum atomic E-state index is 0.352. The third kappa shape index (κ3) is 2.57. The Morgan fingerprint density at radius 1 is 1.06 bits per heavy atom. The van der Waals surface area contributed by atoms with Crippen molar-refractivity contribution < 1.29 is 4.79 Å². The van der Waals surface area contributed by atoms with Crippen LogP contribution >= 0.6 is 0 Å². The van der Waals surface area contributed by atoms with E-state index in [1.165, 1.54) is 12.8 Å². The summed E-state index contributed by atoms with van der Waals surface area (Å²) < 4.78 is 0. The summed E-state index contributed by atoms with van der Waals surface area (Å²) in [6.45, 7) is 8.44. The van der Waals surface area contributed by atoms with Crippen molar-refractivity contribution in [3.63, 3.8) is 0 Å². The fourth-order valence-electron chi connectivity index (χ4n) is 2.89. The van der Waals surface area contributed by atoms with Crippen molar-refractivity contribution >= 4 is 5.91 Å². The zero-order valence-electron chi connectivity index (χ0n) is 10.6. The van der Waals surface area contributed by atoms with E-state index in [1.54, 1.807) is 0 Å². The van der Waals surface area contributed by atoms with Crippen molar-refractivity contribution in [2.45, 2.75) is 45.6 Å². The van der Waals surface area contributed by atoms with Crippen molar-refractivity contribution in [1.29, 1.82) is 0 Å². The fourth-order valence-corrected chi connectivity index (χ4v) is 2.89. The molecule has 1 aliphatic carbocycles. The van der Waals surface area contributed by atoms with Gasteiger partial charge in [0, 0.05) is 38.1 Å². The summed E-state index contributed by atoms with van der Waals surface area (Å²) in [7, 11) is 0. The lowest BCUT2D eigenvalue weighted by Crippen LogP contribution is -2.51. The summed E-state index contributed by atoms with van der Waals surface area (Å²) in [6.07, 6.45) is 4.76. The van der Waals surface area contributed by atoms with Gasteiger partial charge in [0.25, 0.3) is 0 Å². The van der Waals surface area contributed by atoms with E-state index in [2.05, 4.69) is 23.6 Å². The molecular formula is C13H24N2O. The monoisotopic (exact) mass is 224 g/mol. The highest BCUT2D eigenvalue weighted by Crippen LogP contribution is 2.26. The normalized spacial score (nSPS) is 24.3. The molecule has 1 amide bonds. The summed E-state index contributed by atoms with van der Waals surface area (Å²) in [5.41, 5.74) is 0. The van der Waals surface area contributed by atoms with Crippen LogP contribution in [0.15, 0.2) is 0 Å². The lowest BCUT2D eigenvalue weighted by molar-refractivity contribution is -0.137. The van der Waals surface area contributed by atoms with Crippen LogP contribution in [0.3, 0.4) is 0 Å². The van der Waals surface area contributed by atoms with Gasteiger partial charge in [0.1, 0.15) is 0 Å². The molecule has 0 aromatic heterocycles. The topological polar surface area (TPSA) is 23.6 Å². The second-order valence-electron chi connectivity index (χ2n) is 5.44. The highest BCUT2D eigenvalue weighted by atomic mass is 16.2. The molecule has 0 bridgehead atoms. The predicted molar refractivity (Wildman–Crippen MR) is 65.2 cm³/mol. The maximum atomic E-state index is 12.2. The van der Waals surface area contributed by atoms with Gasteiger partial charge in [-0.25, -0.2) is 0 Å². The molecule has 0 spiro atoms.